The van der Waals surface area contributed by atoms with Crippen LogP contribution < -0.4 is 10.6 Å². The number of carbonyl (C=O) groups is 1. The first kappa shape index (κ1) is 16.4. The molecule has 2 atom stereocenters. The number of nitrogens with zero attached hydrogens (tertiary/aromatic N) is 2. The Morgan fingerprint density at radius 1 is 1.15 bits per heavy atom. The van der Waals surface area contributed by atoms with Gasteiger partial charge in [0.1, 0.15) is 0 Å². The highest BCUT2D eigenvalue weighted by molar-refractivity contribution is 5.90. The summed E-state index contributed by atoms with van der Waals surface area (Å²) in [4.78, 5) is 12.5. The monoisotopic (exact) mass is 348 g/mol. The maximum absolute atomic E-state index is 12.5. The molecule has 1 aliphatic carbocycles. The van der Waals surface area contributed by atoms with E-state index >= 15 is 0 Å². The number of hydrogen-bond acceptors (Lipinski definition) is 3. The van der Waals surface area contributed by atoms with Gasteiger partial charge >= 0.3 is 6.03 Å². The zero-order valence-corrected chi connectivity index (χ0v) is 14.4. The van der Waals surface area contributed by atoms with E-state index in [1.54, 1.807) is 10.9 Å². The molecular formula is C20H20N4O2. The third kappa shape index (κ3) is 2.95. The summed E-state index contributed by atoms with van der Waals surface area (Å²) >= 11 is 0. The number of anilines is 1. The maximum Gasteiger partial charge on any atom is 0.319 e. The molecule has 1 aliphatic rings. The van der Waals surface area contributed by atoms with Crippen LogP contribution in [0.15, 0.2) is 60.8 Å². The van der Waals surface area contributed by atoms with Gasteiger partial charge in [-0.3, -0.25) is 0 Å². The van der Waals surface area contributed by atoms with Crippen LogP contribution in [0.5, 0.6) is 0 Å². The Hall–Kier alpha value is -3.12. The molecule has 132 valence electrons. The first-order valence-corrected chi connectivity index (χ1v) is 8.57. The van der Waals surface area contributed by atoms with Crippen molar-refractivity contribution in [3.63, 3.8) is 0 Å². The highest BCUT2D eigenvalue weighted by Crippen LogP contribution is 2.31. The molecule has 3 N–H and O–H groups in total. The van der Waals surface area contributed by atoms with E-state index in [9.17, 15) is 9.90 Å². The Kier molecular flexibility index (Phi) is 4.18. The number of aliphatic hydroxyl groups is 1. The van der Waals surface area contributed by atoms with Crippen molar-refractivity contribution in [2.45, 2.75) is 25.5 Å². The molecule has 0 fully saturated rings. The molecule has 1 heterocycles. The molecule has 6 heteroatoms. The molecule has 2 aromatic carbocycles. The van der Waals surface area contributed by atoms with Gasteiger partial charge in [-0.1, -0.05) is 42.5 Å². The molecule has 0 bridgehead atoms. The molecule has 0 spiro atoms. The Bertz CT molecular complexity index is 936. The fraction of sp³-hybridized carbons (Fsp3) is 0.200. The fourth-order valence-corrected chi connectivity index (χ4v) is 3.41. The van der Waals surface area contributed by atoms with Crippen molar-refractivity contribution >= 4 is 11.7 Å². The number of nitrogens with one attached hydrogen (secondary N) is 2. The molecule has 0 unspecified atom stereocenters. The molecular weight excluding hydrogens is 328 g/mol. The zero-order chi connectivity index (χ0) is 18.1. The van der Waals surface area contributed by atoms with Crippen LogP contribution in [0.25, 0.3) is 5.69 Å². The highest BCUT2D eigenvalue weighted by atomic mass is 16.3. The van der Waals surface area contributed by atoms with Gasteiger partial charge in [0.2, 0.25) is 0 Å². The quantitative estimate of drug-likeness (QED) is 0.681. The van der Waals surface area contributed by atoms with Crippen LogP contribution >= 0.6 is 0 Å². The molecule has 2 amide bonds. The van der Waals surface area contributed by atoms with Crippen LogP contribution in [-0.2, 0) is 6.42 Å². The second kappa shape index (κ2) is 6.65. The van der Waals surface area contributed by atoms with E-state index in [1.165, 1.54) is 0 Å². The van der Waals surface area contributed by atoms with Crippen LogP contribution in [0, 0.1) is 6.92 Å². The number of carbonyl (C=O) groups excluding carboxylic acids is 1. The van der Waals surface area contributed by atoms with Gasteiger partial charge in [-0.25, -0.2) is 9.48 Å². The third-order valence-corrected chi connectivity index (χ3v) is 4.75. The number of aromatic nitrogens is 2. The largest absolute Gasteiger partial charge is 0.390 e. The lowest BCUT2D eigenvalue weighted by Crippen LogP contribution is -2.36. The Labute approximate surface area is 151 Å². The minimum Gasteiger partial charge on any atom is -0.390 e. The number of benzene rings is 2. The Balaban J connectivity index is 1.49. The predicted molar refractivity (Wildman–Crippen MR) is 99.3 cm³/mol. The lowest BCUT2D eigenvalue weighted by molar-refractivity contribution is 0.144. The average Bonchev–Trinajstić information content (AvgIpc) is 3.16. The number of hydrogen-bond donors (Lipinski definition) is 3. The first-order chi connectivity index (χ1) is 12.6. The molecule has 0 radical (unpaired) electrons. The SMILES string of the molecule is Cc1c(NC(=O)N[C@H]2c3ccccc3C[C@H]2O)cnn1-c1ccccc1. The van der Waals surface area contributed by atoms with E-state index in [1.807, 2.05) is 61.5 Å². The Morgan fingerprint density at radius 2 is 1.88 bits per heavy atom. The van der Waals surface area contributed by atoms with E-state index < -0.39 is 12.1 Å². The van der Waals surface area contributed by atoms with Crippen molar-refractivity contribution in [1.82, 2.24) is 15.1 Å². The normalized spacial score (nSPS) is 18.4. The van der Waals surface area contributed by atoms with E-state index in [0.29, 0.717) is 12.1 Å². The Morgan fingerprint density at radius 3 is 2.69 bits per heavy atom. The van der Waals surface area contributed by atoms with Gasteiger partial charge in [0.15, 0.2) is 0 Å². The van der Waals surface area contributed by atoms with Gasteiger partial charge in [0.25, 0.3) is 0 Å². The zero-order valence-electron chi connectivity index (χ0n) is 14.4. The van der Waals surface area contributed by atoms with E-state index in [-0.39, 0.29) is 6.03 Å². The van der Waals surface area contributed by atoms with Gasteiger partial charge < -0.3 is 15.7 Å². The number of amides is 2. The highest BCUT2D eigenvalue weighted by Gasteiger charge is 2.32. The van der Waals surface area contributed by atoms with Crippen molar-refractivity contribution in [3.8, 4) is 5.69 Å². The van der Waals surface area contributed by atoms with Gasteiger partial charge in [-0.15, -0.1) is 0 Å². The number of rotatable bonds is 3. The molecule has 4 rings (SSSR count). The minimum atomic E-state index is -0.619. The van der Waals surface area contributed by atoms with Gasteiger partial charge in [0.05, 0.1) is 35.4 Å². The topological polar surface area (TPSA) is 79.2 Å². The smallest absolute Gasteiger partial charge is 0.319 e. The lowest BCUT2D eigenvalue weighted by atomic mass is 10.1. The van der Waals surface area contributed by atoms with Crippen molar-refractivity contribution in [3.05, 3.63) is 77.6 Å². The summed E-state index contributed by atoms with van der Waals surface area (Å²) in [5.74, 6) is 0. The summed E-state index contributed by atoms with van der Waals surface area (Å²) in [6.45, 7) is 1.90. The van der Waals surface area contributed by atoms with Crippen LogP contribution in [-0.4, -0.2) is 27.0 Å². The molecule has 0 aliphatic heterocycles. The van der Waals surface area contributed by atoms with Gasteiger partial charge in [-0.2, -0.15) is 5.10 Å². The van der Waals surface area contributed by atoms with Crippen LogP contribution in [0.2, 0.25) is 0 Å². The lowest BCUT2D eigenvalue weighted by Gasteiger charge is -2.18. The summed E-state index contributed by atoms with van der Waals surface area (Å²) in [6.07, 6.45) is 1.55. The molecule has 6 nitrogen and oxygen atoms in total. The summed E-state index contributed by atoms with van der Waals surface area (Å²) in [5, 5.41) is 20.3. The summed E-state index contributed by atoms with van der Waals surface area (Å²) in [7, 11) is 0. The summed E-state index contributed by atoms with van der Waals surface area (Å²) in [6, 6.07) is 16.7. The minimum absolute atomic E-state index is 0.360. The van der Waals surface area contributed by atoms with Crippen molar-refractivity contribution < 1.29 is 9.90 Å². The van der Waals surface area contributed by atoms with Crippen LogP contribution in [0.3, 0.4) is 0 Å². The summed E-state index contributed by atoms with van der Waals surface area (Å²) in [5.41, 5.74) is 4.43. The summed E-state index contributed by atoms with van der Waals surface area (Å²) < 4.78 is 1.77. The second-order valence-electron chi connectivity index (χ2n) is 6.44. The number of urea groups is 1. The van der Waals surface area contributed by atoms with Crippen LogP contribution in [0.1, 0.15) is 22.9 Å². The number of para-hydroxylation sites is 1. The van der Waals surface area contributed by atoms with E-state index in [4.69, 9.17) is 0 Å². The van der Waals surface area contributed by atoms with Crippen molar-refractivity contribution in [2.24, 2.45) is 0 Å². The molecule has 0 saturated heterocycles. The maximum atomic E-state index is 12.5. The van der Waals surface area contributed by atoms with Gasteiger partial charge in [-0.05, 0) is 30.2 Å². The third-order valence-electron chi connectivity index (χ3n) is 4.75. The first-order valence-electron chi connectivity index (χ1n) is 8.57. The molecule has 1 aromatic heterocycles. The van der Waals surface area contributed by atoms with Crippen LogP contribution in [0.4, 0.5) is 10.5 Å². The molecule has 0 saturated carbocycles. The standard InChI is InChI=1S/C20H20N4O2/c1-13-17(12-21-24(13)15-8-3-2-4-9-15)22-20(26)23-19-16-10-6-5-7-14(16)11-18(19)25/h2-10,12,18-19,25H,11H2,1H3,(H2,22,23,26)/t18-,19+/m1/s1. The second-order valence-corrected chi connectivity index (χ2v) is 6.44. The van der Waals surface area contributed by atoms with E-state index in [0.717, 1.165) is 22.5 Å². The number of fused-ring (bicyclic) bond motifs is 1. The fourth-order valence-electron chi connectivity index (χ4n) is 3.41. The van der Waals surface area contributed by atoms with E-state index in [2.05, 4.69) is 15.7 Å². The van der Waals surface area contributed by atoms with Crippen molar-refractivity contribution in [2.75, 3.05) is 5.32 Å². The molecule has 26 heavy (non-hydrogen) atoms. The molecule has 3 aromatic rings. The average molecular weight is 348 g/mol. The van der Waals surface area contributed by atoms with Gasteiger partial charge in [0, 0.05) is 6.42 Å². The number of aliphatic hydroxyl groups excluding tert-OH is 1. The van der Waals surface area contributed by atoms with Crippen molar-refractivity contribution in [1.29, 1.82) is 0 Å². The predicted octanol–water partition coefficient (Wildman–Crippen LogP) is 2.96.